The number of fused-ring (bicyclic) bond motifs is 3. The molecule has 0 spiro atoms. The second kappa shape index (κ2) is 9.15. The van der Waals surface area contributed by atoms with Crippen LogP contribution in [0.1, 0.15) is 19.4 Å². The maximum absolute atomic E-state index is 12.1. The summed E-state index contributed by atoms with van der Waals surface area (Å²) in [5, 5.41) is 1.73. The number of hydrogen-bond acceptors (Lipinski definition) is 7. The highest BCUT2D eigenvalue weighted by atomic mass is 16.7. The summed E-state index contributed by atoms with van der Waals surface area (Å²) in [4.78, 5) is 19.7. The summed E-state index contributed by atoms with van der Waals surface area (Å²) in [7, 11) is 3.19. The smallest absolute Gasteiger partial charge is 0.497 e. The summed E-state index contributed by atoms with van der Waals surface area (Å²) >= 11 is 0. The van der Waals surface area contributed by atoms with Gasteiger partial charge in [-0.15, -0.1) is 0 Å². The van der Waals surface area contributed by atoms with E-state index < -0.39 is 6.16 Å². The lowest BCUT2D eigenvalue weighted by atomic mass is 10.1. The number of methoxy groups -OCH3 is 2. The van der Waals surface area contributed by atoms with Crippen molar-refractivity contribution in [2.45, 2.75) is 26.6 Å². The van der Waals surface area contributed by atoms with Crippen molar-refractivity contribution in [2.24, 2.45) is 0 Å². The molecule has 32 heavy (non-hydrogen) atoms. The first-order valence-corrected chi connectivity index (χ1v) is 10.1. The fraction of sp³-hybridized carbons (Fsp3) is 0.250. The number of pyridine rings is 1. The van der Waals surface area contributed by atoms with Crippen molar-refractivity contribution in [3.8, 4) is 23.1 Å². The Labute approximate surface area is 185 Å². The molecular weight excluding hydrogens is 412 g/mol. The van der Waals surface area contributed by atoms with Crippen molar-refractivity contribution in [3.05, 3.63) is 54.2 Å². The molecule has 166 valence electrons. The largest absolute Gasteiger partial charge is 0.515 e. The molecule has 0 fully saturated rings. The molecule has 0 unspecified atom stereocenters. The number of nitrogens with one attached hydrogen (secondary N) is 1. The van der Waals surface area contributed by atoms with Crippen LogP contribution in [0.2, 0.25) is 0 Å². The molecular formula is C24H24N2O6. The van der Waals surface area contributed by atoms with E-state index in [2.05, 4.69) is 9.97 Å². The molecule has 8 nitrogen and oxygen atoms in total. The van der Waals surface area contributed by atoms with Gasteiger partial charge in [-0.2, -0.15) is 0 Å². The Morgan fingerprint density at radius 2 is 1.72 bits per heavy atom. The van der Waals surface area contributed by atoms with Gasteiger partial charge in [0.1, 0.15) is 17.2 Å². The first-order valence-electron chi connectivity index (χ1n) is 10.1. The monoisotopic (exact) mass is 436 g/mol. The minimum absolute atomic E-state index is 0.146. The lowest BCUT2D eigenvalue weighted by Crippen LogP contribution is -2.17. The number of hydrogen-bond donors (Lipinski definition) is 1. The van der Waals surface area contributed by atoms with Gasteiger partial charge >= 0.3 is 6.16 Å². The second-order valence-corrected chi connectivity index (χ2v) is 7.39. The number of H-pyrrole nitrogens is 1. The molecule has 0 aliphatic heterocycles. The maximum Gasteiger partial charge on any atom is 0.515 e. The van der Waals surface area contributed by atoms with E-state index in [1.165, 1.54) is 0 Å². The van der Waals surface area contributed by atoms with Crippen LogP contribution in [-0.2, 0) is 16.1 Å². The third-order valence-corrected chi connectivity index (χ3v) is 4.77. The van der Waals surface area contributed by atoms with Gasteiger partial charge in [0, 0.05) is 23.4 Å². The highest BCUT2D eigenvalue weighted by Gasteiger charge is 2.19. The number of nitrogens with zero attached hydrogens (tertiary/aromatic N) is 1. The number of ether oxygens (including phenoxy) is 5. The molecule has 2 heterocycles. The van der Waals surface area contributed by atoms with Gasteiger partial charge < -0.3 is 28.7 Å². The van der Waals surface area contributed by atoms with Crippen LogP contribution in [0.3, 0.4) is 0 Å². The summed E-state index contributed by atoms with van der Waals surface area (Å²) in [6.07, 6.45) is 0.506. The van der Waals surface area contributed by atoms with E-state index in [1.54, 1.807) is 34.3 Å². The Hall–Kier alpha value is -3.78. The van der Waals surface area contributed by atoms with E-state index in [1.807, 2.05) is 42.5 Å². The van der Waals surface area contributed by atoms with E-state index >= 15 is 0 Å². The molecule has 0 saturated carbocycles. The zero-order valence-corrected chi connectivity index (χ0v) is 18.3. The first kappa shape index (κ1) is 21.5. The Morgan fingerprint density at radius 3 is 2.41 bits per heavy atom. The normalized spacial score (nSPS) is 11.2. The molecule has 0 radical (unpaired) electrons. The third kappa shape index (κ3) is 4.45. The van der Waals surface area contributed by atoms with Gasteiger partial charge in [-0.05, 0) is 56.3 Å². The average molecular weight is 436 g/mol. The van der Waals surface area contributed by atoms with Crippen LogP contribution in [0, 0.1) is 0 Å². The third-order valence-electron chi connectivity index (χ3n) is 4.77. The lowest BCUT2D eigenvalue weighted by Gasteiger charge is -2.12. The van der Waals surface area contributed by atoms with Crippen LogP contribution < -0.4 is 14.2 Å². The molecule has 0 aliphatic rings. The quantitative estimate of drug-likeness (QED) is 0.378. The predicted octanol–water partition coefficient (Wildman–Crippen LogP) is 5.59. The van der Waals surface area contributed by atoms with Gasteiger partial charge in [0.15, 0.2) is 0 Å². The fourth-order valence-electron chi connectivity index (χ4n) is 3.43. The fourth-order valence-corrected chi connectivity index (χ4v) is 3.43. The van der Waals surface area contributed by atoms with Crippen molar-refractivity contribution in [1.29, 1.82) is 0 Å². The van der Waals surface area contributed by atoms with Gasteiger partial charge in [-0.3, -0.25) is 0 Å². The first-order chi connectivity index (χ1) is 15.5. The van der Waals surface area contributed by atoms with Gasteiger partial charge in [0.2, 0.25) is 5.88 Å². The van der Waals surface area contributed by atoms with Gasteiger partial charge in [0.05, 0.1) is 37.1 Å². The molecule has 8 heteroatoms. The van der Waals surface area contributed by atoms with Crippen molar-refractivity contribution in [3.63, 3.8) is 0 Å². The van der Waals surface area contributed by atoms with E-state index in [0.29, 0.717) is 17.1 Å². The van der Waals surface area contributed by atoms with Crippen molar-refractivity contribution < 1.29 is 28.5 Å². The van der Waals surface area contributed by atoms with Crippen molar-refractivity contribution in [2.75, 3.05) is 14.2 Å². The molecule has 2 aromatic carbocycles. The van der Waals surface area contributed by atoms with Crippen LogP contribution in [0.5, 0.6) is 23.1 Å². The molecule has 0 atom stereocenters. The summed E-state index contributed by atoms with van der Waals surface area (Å²) in [5.74, 6) is 2.24. The van der Waals surface area contributed by atoms with Gasteiger partial charge in [-0.25, -0.2) is 9.78 Å². The standard InChI is InChI=1S/C24H24N2O6/c1-14(2)30-24(27)32-23-19(13-28-3)22-18-11-17(9-10-20(18)26-21(22)12-25-23)31-16-7-5-15(29-4)6-8-16/h5-12,14,26H,13H2,1-4H3. The second-order valence-electron chi connectivity index (χ2n) is 7.39. The topological polar surface area (TPSA) is 91.9 Å². The van der Waals surface area contributed by atoms with Crippen molar-refractivity contribution in [1.82, 2.24) is 9.97 Å². The molecule has 0 aliphatic carbocycles. The molecule has 4 aromatic rings. The van der Waals surface area contributed by atoms with Crippen LogP contribution in [0.4, 0.5) is 4.79 Å². The van der Waals surface area contributed by atoms with Crippen LogP contribution in [0.15, 0.2) is 48.7 Å². The summed E-state index contributed by atoms with van der Waals surface area (Å²) in [6.45, 7) is 3.70. The maximum atomic E-state index is 12.1. The number of rotatable bonds is 7. The average Bonchev–Trinajstić information content (AvgIpc) is 3.13. The van der Waals surface area contributed by atoms with Crippen LogP contribution in [-0.4, -0.2) is 36.4 Å². The Balaban J connectivity index is 1.75. The number of carbonyl (C=O) groups is 1. The number of aromatic amines is 1. The molecule has 2 aromatic heterocycles. The SMILES string of the molecule is COCc1c(OC(=O)OC(C)C)ncc2[nH]c3ccc(Oc4ccc(OC)cc4)cc3c12. The molecule has 1 N–H and O–H groups in total. The van der Waals surface area contributed by atoms with Crippen LogP contribution in [0.25, 0.3) is 21.8 Å². The molecule has 0 bridgehead atoms. The minimum atomic E-state index is -0.812. The zero-order chi connectivity index (χ0) is 22.7. The van der Waals surface area contributed by atoms with E-state index in [-0.39, 0.29) is 18.6 Å². The lowest BCUT2D eigenvalue weighted by molar-refractivity contribution is 0.0705. The van der Waals surface area contributed by atoms with E-state index in [4.69, 9.17) is 23.7 Å². The van der Waals surface area contributed by atoms with E-state index in [9.17, 15) is 4.79 Å². The summed E-state index contributed by atoms with van der Waals surface area (Å²) in [5.41, 5.74) is 2.32. The van der Waals surface area contributed by atoms with Crippen LogP contribution >= 0.6 is 0 Å². The summed E-state index contributed by atoms with van der Waals surface area (Å²) < 4.78 is 27.1. The van der Waals surface area contributed by atoms with Gasteiger partial charge in [-0.1, -0.05) is 0 Å². The number of carbonyl (C=O) groups excluding carboxylic acids is 1. The highest BCUT2D eigenvalue weighted by molar-refractivity contribution is 6.09. The Bertz CT molecular complexity index is 1250. The number of aromatic nitrogens is 2. The summed E-state index contributed by atoms with van der Waals surface area (Å²) in [6, 6.07) is 13.1. The number of benzene rings is 2. The zero-order valence-electron chi connectivity index (χ0n) is 18.3. The Morgan fingerprint density at radius 1 is 1.00 bits per heavy atom. The van der Waals surface area contributed by atoms with E-state index in [0.717, 1.165) is 27.6 Å². The predicted molar refractivity (Wildman–Crippen MR) is 120 cm³/mol. The minimum Gasteiger partial charge on any atom is -0.497 e. The van der Waals surface area contributed by atoms with Crippen molar-refractivity contribution >= 4 is 28.0 Å². The highest BCUT2D eigenvalue weighted by Crippen LogP contribution is 2.36. The Kier molecular flexibility index (Phi) is 6.13. The molecule has 0 saturated heterocycles. The molecule has 4 rings (SSSR count). The molecule has 0 amide bonds. The van der Waals surface area contributed by atoms with Gasteiger partial charge in [0.25, 0.3) is 0 Å².